The lowest BCUT2D eigenvalue weighted by Gasteiger charge is -2.33. The number of pyridine rings is 1. The minimum absolute atomic E-state index is 0.658. The molecule has 1 aliphatic rings. The molecule has 0 bridgehead atoms. The van der Waals surface area contributed by atoms with Crippen LogP contribution in [0.5, 0.6) is 0 Å². The Morgan fingerprint density at radius 2 is 1.48 bits per heavy atom. The fraction of sp³-hybridized carbons (Fsp3) is 0. The third kappa shape index (κ3) is 2.83. The van der Waals surface area contributed by atoms with Gasteiger partial charge in [-0.05, 0) is 54.1 Å². The summed E-state index contributed by atoms with van der Waals surface area (Å²) in [6, 6.07) is 35.7. The Kier molecular flexibility index (Phi) is 4.09. The molecule has 0 fully saturated rings. The van der Waals surface area contributed by atoms with Crippen LogP contribution < -0.4 is 4.90 Å². The fourth-order valence-corrected chi connectivity index (χ4v) is 5.26. The molecule has 3 aromatic carbocycles. The number of fused-ring (bicyclic) bond motifs is 3. The van der Waals surface area contributed by atoms with Crippen LogP contribution in [-0.4, -0.2) is 4.40 Å². The Bertz CT molecular complexity index is 1480. The highest BCUT2D eigenvalue weighted by molar-refractivity contribution is 7.99. The molecule has 0 saturated carbocycles. The van der Waals surface area contributed by atoms with Gasteiger partial charge in [-0.25, -0.2) is 0 Å². The van der Waals surface area contributed by atoms with Crippen molar-refractivity contribution in [3.63, 3.8) is 0 Å². The van der Waals surface area contributed by atoms with Crippen LogP contribution in [0.15, 0.2) is 113 Å². The molecule has 1 aliphatic heterocycles. The van der Waals surface area contributed by atoms with E-state index in [0.717, 1.165) is 38.7 Å². The molecule has 0 atom stereocenters. The summed E-state index contributed by atoms with van der Waals surface area (Å²) in [5.74, 6) is 1.07. The number of hydrogen-bond donors (Lipinski definition) is 0. The van der Waals surface area contributed by atoms with Crippen LogP contribution in [0.3, 0.4) is 0 Å². The van der Waals surface area contributed by atoms with Crippen LogP contribution in [0, 0.1) is 11.3 Å². The van der Waals surface area contributed by atoms with E-state index in [1.54, 1.807) is 11.8 Å². The van der Waals surface area contributed by atoms with Gasteiger partial charge in [0.1, 0.15) is 5.82 Å². The van der Waals surface area contributed by atoms with Gasteiger partial charge in [0.05, 0.1) is 23.0 Å². The molecule has 0 saturated heterocycles. The third-order valence-corrected chi connectivity index (χ3v) is 6.73. The van der Waals surface area contributed by atoms with Gasteiger partial charge in [-0.3, -0.25) is 4.90 Å². The minimum Gasteiger partial charge on any atom is -0.302 e. The van der Waals surface area contributed by atoms with E-state index in [2.05, 4.69) is 100 Å². The Balaban J connectivity index is 1.72. The maximum Gasteiger partial charge on any atom is 0.130 e. The average Bonchev–Trinajstić information content (AvgIpc) is 3.22. The number of hydrogen-bond acceptors (Lipinski definition) is 3. The summed E-state index contributed by atoms with van der Waals surface area (Å²) in [4.78, 5) is 4.64. The second kappa shape index (κ2) is 7.09. The number of nitrogens with zero attached hydrogens (tertiary/aromatic N) is 3. The number of para-hydroxylation sites is 1. The SMILES string of the molecule is N#Cc1ccc2c(c1)N(c1c(-c3ccccc3)cc3ccccn13)c1ccccc1S2. The number of rotatable bonds is 2. The average molecular weight is 416 g/mol. The molecule has 31 heavy (non-hydrogen) atoms. The van der Waals surface area contributed by atoms with Crippen molar-refractivity contribution in [1.29, 1.82) is 5.26 Å². The molecule has 4 heteroatoms. The summed E-state index contributed by atoms with van der Waals surface area (Å²) in [6.45, 7) is 0. The van der Waals surface area contributed by atoms with Crippen LogP contribution in [0.1, 0.15) is 5.56 Å². The molecule has 2 aromatic heterocycles. The standard InChI is InChI=1S/C27H17N3S/c28-18-19-13-14-26-24(16-19)30(23-11-4-5-12-25(23)31-26)27-22(20-8-2-1-3-9-20)17-21-10-6-7-15-29(21)27/h1-17H. The highest BCUT2D eigenvalue weighted by Gasteiger charge is 2.29. The Morgan fingerprint density at radius 1 is 0.710 bits per heavy atom. The minimum atomic E-state index is 0.658. The van der Waals surface area contributed by atoms with Gasteiger partial charge < -0.3 is 4.40 Å². The Labute approximate surface area is 184 Å². The van der Waals surface area contributed by atoms with Crippen molar-refractivity contribution in [2.45, 2.75) is 9.79 Å². The van der Waals surface area contributed by atoms with Crippen LogP contribution in [0.4, 0.5) is 17.2 Å². The van der Waals surface area contributed by atoms with Crippen molar-refractivity contribution in [2.75, 3.05) is 4.90 Å². The van der Waals surface area contributed by atoms with E-state index in [4.69, 9.17) is 0 Å². The molecule has 0 unspecified atom stereocenters. The molecule has 0 N–H and O–H groups in total. The van der Waals surface area contributed by atoms with Crippen molar-refractivity contribution < 1.29 is 0 Å². The summed E-state index contributed by atoms with van der Waals surface area (Å²) in [6.07, 6.45) is 2.11. The lowest BCUT2D eigenvalue weighted by molar-refractivity contribution is 1.08. The van der Waals surface area contributed by atoms with Crippen LogP contribution in [0.25, 0.3) is 16.6 Å². The van der Waals surface area contributed by atoms with Crippen molar-refractivity contribution in [3.8, 4) is 17.2 Å². The highest BCUT2D eigenvalue weighted by Crippen LogP contribution is 2.53. The van der Waals surface area contributed by atoms with Crippen molar-refractivity contribution in [1.82, 2.24) is 4.40 Å². The summed E-state index contributed by atoms with van der Waals surface area (Å²) in [7, 11) is 0. The first-order valence-corrected chi connectivity index (χ1v) is 10.9. The van der Waals surface area contributed by atoms with E-state index in [0.29, 0.717) is 5.56 Å². The van der Waals surface area contributed by atoms with E-state index < -0.39 is 0 Å². The van der Waals surface area contributed by atoms with Crippen LogP contribution in [-0.2, 0) is 0 Å². The van der Waals surface area contributed by atoms with Gasteiger partial charge in [-0.15, -0.1) is 0 Å². The van der Waals surface area contributed by atoms with Crippen molar-refractivity contribution >= 4 is 34.5 Å². The summed E-state index contributed by atoms with van der Waals surface area (Å²) >= 11 is 1.75. The van der Waals surface area contributed by atoms with Gasteiger partial charge >= 0.3 is 0 Å². The van der Waals surface area contributed by atoms with Crippen LogP contribution >= 0.6 is 11.8 Å². The lowest BCUT2D eigenvalue weighted by atomic mass is 10.1. The summed E-state index contributed by atoms with van der Waals surface area (Å²) in [5.41, 5.74) is 6.26. The monoisotopic (exact) mass is 415 g/mol. The van der Waals surface area contributed by atoms with Crippen molar-refractivity contribution in [3.05, 3.63) is 109 Å². The zero-order valence-electron chi connectivity index (χ0n) is 16.6. The largest absolute Gasteiger partial charge is 0.302 e. The number of aromatic nitrogens is 1. The number of nitriles is 1. The van der Waals surface area contributed by atoms with Gasteiger partial charge in [-0.1, -0.05) is 60.3 Å². The van der Waals surface area contributed by atoms with E-state index in [-0.39, 0.29) is 0 Å². The summed E-state index contributed by atoms with van der Waals surface area (Å²) < 4.78 is 2.23. The zero-order valence-corrected chi connectivity index (χ0v) is 17.4. The lowest BCUT2D eigenvalue weighted by Crippen LogP contribution is -2.17. The molecule has 0 aliphatic carbocycles. The number of benzene rings is 3. The first kappa shape index (κ1) is 17.9. The Hall–Kier alpha value is -3.94. The molecule has 3 nitrogen and oxygen atoms in total. The summed E-state index contributed by atoms with van der Waals surface area (Å²) in [5, 5.41) is 9.58. The zero-order chi connectivity index (χ0) is 20.8. The first-order chi connectivity index (χ1) is 15.3. The topological polar surface area (TPSA) is 31.4 Å². The molecule has 0 radical (unpaired) electrons. The van der Waals surface area contributed by atoms with E-state index in [9.17, 15) is 5.26 Å². The number of anilines is 3. The van der Waals surface area contributed by atoms with Gasteiger partial charge in [-0.2, -0.15) is 5.26 Å². The maximum absolute atomic E-state index is 9.58. The second-order valence-corrected chi connectivity index (χ2v) is 8.53. The molecule has 0 amide bonds. The highest BCUT2D eigenvalue weighted by atomic mass is 32.2. The molecule has 5 aromatic rings. The predicted molar refractivity (Wildman–Crippen MR) is 126 cm³/mol. The molecular weight excluding hydrogens is 398 g/mol. The smallest absolute Gasteiger partial charge is 0.130 e. The first-order valence-electron chi connectivity index (χ1n) is 10.1. The molecular formula is C27H17N3S. The molecule has 3 heterocycles. The molecule has 6 rings (SSSR count). The van der Waals surface area contributed by atoms with E-state index in [1.807, 2.05) is 18.2 Å². The van der Waals surface area contributed by atoms with E-state index >= 15 is 0 Å². The maximum atomic E-state index is 9.58. The molecule has 146 valence electrons. The Morgan fingerprint density at radius 3 is 2.35 bits per heavy atom. The second-order valence-electron chi connectivity index (χ2n) is 7.44. The van der Waals surface area contributed by atoms with Gasteiger partial charge in [0.2, 0.25) is 0 Å². The fourth-order valence-electron chi connectivity index (χ4n) is 4.22. The van der Waals surface area contributed by atoms with Gasteiger partial charge in [0.15, 0.2) is 0 Å². The molecule has 0 spiro atoms. The predicted octanol–water partition coefficient (Wildman–Crippen LogP) is 7.41. The van der Waals surface area contributed by atoms with Gasteiger partial charge in [0.25, 0.3) is 0 Å². The van der Waals surface area contributed by atoms with Crippen LogP contribution in [0.2, 0.25) is 0 Å². The third-order valence-electron chi connectivity index (χ3n) is 5.60. The van der Waals surface area contributed by atoms with E-state index in [1.165, 1.54) is 4.90 Å². The van der Waals surface area contributed by atoms with Crippen molar-refractivity contribution in [2.24, 2.45) is 0 Å². The van der Waals surface area contributed by atoms with Gasteiger partial charge in [0, 0.05) is 27.1 Å². The normalized spacial score (nSPS) is 12.3. The quantitative estimate of drug-likeness (QED) is 0.295.